The minimum absolute atomic E-state index is 0.0493. The Kier molecular flexibility index (Phi) is 8.40. The highest BCUT2D eigenvalue weighted by Crippen LogP contribution is 1.96. The summed E-state index contributed by atoms with van der Waals surface area (Å²) in [6, 6.07) is 0. The number of hydrogen-bond donors (Lipinski definition) is 0. The van der Waals surface area contributed by atoms with E-state index in [9.17, 15) is 0 Å². The predicted octanol–water partition coefficient (Wildman–Crippen LogP) is 2.14. The number of ether oxygens (including phenoxy) is 2. The molecule has 0 amide bonds. The molecule has 13 heavy (non-hydrogen) atoms. The third kappa shape index (κ3) is 8.22. The Labute approximate surface area is 81.8 Å². The van der Waals surface area contributed by atoms with Gasteiger partial charge in [0.25, 0.3) is 0 Å². The van der Waals surface area contributed by atoms with Crippen molar-refractivity contribution < 1.29 is 9.47 Å². The molecule has 0 aromatic rings. The third-order valence-electron chi connectivity index (χ3n) is 1.55. The van der Waals surface area contributed by atoms with Gasteiger partial charge < -0.3 is 9.47 Å². The minimum Gasteiger partial charge on any atom is -0.362 e. The van der Waals surface area contributed by atoms with Gasteiger partial charge in [0.2, 0.25) is 0 Å². The molecule has 0 aromatic carbocycles. The summed E-state index contributed by atoms with van der Waals surface area (Å²) in [6.07, 6.45) is 1.97. The Bertz CT molecular complexity index is 97.1. The smallest absolute Gasteiger partial charge is 0.123 e. The van der Waals surface area contributed by atoms with Crippen LogP contribution in [-0.2, 0) is 9.47 Å². The third-order valence-corrected chi connectivity index (χ3v) is 1.55. The highest BCUT2D eigenvalue weighted by atomic mass is 16.5. The maximum absolute atomic E-state index is 5.40. The Hall–Kier alpha value is -0.120. The molecular weight excluding hydrogens is 166 g/mol. The van der Waals surface area contributed by atoms with Crippen molar-refractivity contribution in [3.05, 3.63) is 0 Å². The van der Waals surface area contributed by atoms with E-state index < -0.39 is 0 Å². The maximum Gasteiger partial charge on any atom is 0.123 e. The van der Waals surface area contributed by atoms with Crippen molar-refractivity contribution in [1.29, 1.82) is 0 Å². The van der Waals surface area contributed by atoms with Crippen LogP contribution in [-0.4, -0.2) is 25.7 Å². The van der Waals surface area contributed by atoms with E-state index in [2.05, 4.69) is 19.2 Å². The summed E-state index contributed by atoms with van der Waals surface area (Å²) in [5, 5.41) is 4.31. The lowest BCUT2D eigenvalue weighted by Crippen LogP contribution is -2.31. The zero-order chi connectivity index (χ0) is 10.1. The molecule has 0 aliphatic carbocycles. The standard InChI is InChI=1S/C10H22NO2/c1-5-7-12-9(3)11-10(4)13-8-6-2/h9-10H,5-8H2,1-4H3. The second-order valence-corrected chi connectivity index (χ2v) is 3.09. The van der Waals surface area contributed by atoms with Gasteiger partial charge in [0.05, 0.1) is 0 Å². The number of nitrogens with zero attached hydrogens (tertiary/aromatic N) is 1. The van der Waals surface area contributed by atoms with E-state index in [0.717, 1.165) is 26.1 Å². The molecule has 1 radical (unpaired) electrons. The molecular formula is C10H22NO2. The van der Waals surface area contributed by atoms with Crippen LogP contribution in [0.1, 0.15) is 40.5 Å². The molecule has 0 rings (SSSR count). The fourth-order valence-corrected chi connectivity index (χ4v) is 0.959. The minimum atomic E-state index is -0.0493. The lowest BCUT2D eigenvalue weighted by Gasteiger charge is -2.18. The second-order valence-electron chi connectivity index (χ2n) is 3.09. The highest BCUT2D eigenvalue weighted by molar-refractivity contribution is 4.50. The summed E-state index contributed by atoms with van der Waals surface area (Å²) < 4.78 is 10.8. The lowest BCUT2D eigenvalue weighted by molar-refractivity contribution is -0.0340. The van der Waals surface area contributed by atoms with Gasteiger partial charge in [-0.05, 0) is 26.7 Å². The van der Waals surface area contributed by atoms with Gasteiger partial charge in [0, 0.05) is 13.2 Å². The molecule has 0 saturated heterocycles. The topological polar surface area (TPSA) is 32.6 Å². The van der Waals surface area contributed by atoms with Gasteiger partial charge in [0.15, 0.2) is 0 Å². The summed E-state index contributed by atoms with van der Waals surface area (Å²) in [5.74, 6) is 0. The molecule has 3 heteroatoms. The van der Waals surface area contributed by atoms with Crippen molar-refractivity contribution in [1.82, 2.24) is 5.32 Å². The van der Waals surface area contributed by atoms with Crippen molar-refractivity contribution >= 4 is 0 Å². The molecule has 0 heterocycles. The largest absolute Gasteiger partial charge is 0.362 e. The Morgan fingerprint density at radius 3 is 1.62 bits per heavy atom. The van der Waals surface area contributed by atoms with Crippen molar-refractivity contribution in [2.75, 3.05) is 13.2 Å². The van der Waals surface area contributed by atoms with E-state index in [1.165, 1.54) is 0 Å². The van der Waals surface area contributed by atoms with E-state index in [4.69, 9.17) is 9.47 Å². The highest BCUT2D eigenvalue weighted by Gasteiger charge is 2.08. The van der Waals surface area contributed by atoms with E-state index >= 15 is 0 Å². The van der Waals surface area contributed by atoms with Crippen LogP contribution in [0.25, 0.3) is 0 Å². The molecule has 0 fully saturated rings. The van der Waals surface area contributed by atoms with Gasteiger partial charge in [-0.3, -0.25) is 0 Å². The van der Waals surface area contributed by atoms with Crippen molar-refractivity contribution in [2.45, 2.75) is 53.0 Å². The maximum atomic E-state index is 5.40. The molecule has 0 spiro atoms. The van der Waals surface area contributed by atoms with Gasteiger partial charge in [-0.2, -0.15) is 5.32 Å². The Balaban J connectivity index is 3.35. The zero-order valence-electron chi connectivity index (χ0n) is 9.25. The van der Waals surface area contributed by atoms with Gasteiger partial charge in [0.1, 0.15) is 12.5 Å². The first-order valence-corrected chi connectivity index (χ1v) is 5.13. The van der Waals surface area contributed by atoms with Crippen molar-refractivity contribution in [3.8, 4) is 0 Å². The molecule has 0 aromatic heterocycles. The molecule has 2 unspecified atom stereocenters. The zero-order valence-corrected chi connectivity index (χ0v) is 9.25. The monoisotopic (exact) mass is 188 g/mol. The van der Waals surface area contributed by atoms with Gasteiger partial charge in [-0.1, -0.05) is 13.8 Å². The summed E-state index contributed by atoms with van der Waals surface area (Å²) in [7, 11) is 0. The number of hydrogen-bond acceptors (Lipinski definition) is 2. The van der Waals surface area contributed by atoms with Crippen LogP contribution in [0.5, 0.6) is 0 Å². The quantitative estimate of drug-likeness (QED) is 0.584. The molecule has 0 bridgehead atoms. The van der Waals surface area contributed by atoms with Crippen molar-refractivity contribution in [3.63, 3.8) is 0 Å². The molecule has 79 valence electrons. The van der Waals surface area contributed by atoms with Crippen molar-refractivity contribution in [2.24, 2.45) is 0 Å². The van der Waals surface area contributed by atoms with Crippen LogP contribution >= 0.6 is 0 Å². The summed E-state index contributed by atoms with van der Waals surface area (Å²) >= 11 is 0. The van der Waals surface area contributed by atoms with Crippen LogP contribution in [0.15, 0.2) is 0 Å². The SMILES string of the molecule is CCCOC(C)[N]C(C)OCCC. The molecule has 0 N–H and O–H groups in total. The Morgan fingerprint density at radius 1 is 0.923 bits per heavy atom. The second kappa shape index (κ2) is 8.48. The van der Waals surface area contributed by atoms with E-state index in [1.54, 1.807) is 0 Å². The van der Waals surface area contributed by atoms with Crippen LogP contribution in [0.2, 0.25) is 0 Å². The fourth-order valence-electron chi connectivity index (χ4n) is 0.959. The predicted molar refractivity (Wildman–Crippen MR) is 53.5 cm³/mol. The van der Waals surface area contributed by atoms with Gasteiger partial charge >= 0.3 is 0 Å². The molecule has 3 nitrogen and oxygen atoms in total. The number of rotatable bonds is 8. The molecule has 0 aliphatic heterocycles. The summed E-state index contributed by atoms with van der Waals surface area (Å²) in [4.78, 5) is 0. The lowest BCUT2D eigenvalue weighted by atomic mass is 10.5. The normalized spacial score (nSPS) is 15.7. The van der Waals surface area contributed by atoms with Gasteiger partial charge in [-0.15, -0.1) is 0 Å². The first-order valence-electron chi connectivity index (χ1n) is 5.13. The first-order chi connectivity index (χ1) is 6.20. The van der Waals surface area contributed by atoms with Crippen LogP contribution in [0.4, 0.5) is 0 Å². The average molecular weight is 188 g/mol. The van der Waals surface area contributed by atoms with E-state index in [0.29, 0.717) is 0 Å². The molecule has 2 atom stereocenters. The molecule has 0 aliphatic rings. The summed E-state index contributed by atoms with van der Waals surface area (Å²) in [6.45, 7) is 9.60. The first kappa shape index (κ1) is 12.9. The average Bonchev–Trinajstić information content (AvgIpc) is 2.11. The van der Waals surface area contributed by atoms with Gasteiger partial charge in [-0.25, -0.2) is 0 Å². The Morgan fingerprint density at radius 2 is 1.31 bits per heavy atom. The summed E-state index contributed by atoms with van der Waals surface area (Å²) in [5.41, 5.74) is 0. The van der Waals surface area contributed by atoms with Crippen LogP contribution < -0.4 is 5.32 Å². The van der Waals surface area contributed by atoms with E-state index in [-0.39, 0.29) is 12.5 Å². The van der Waals surface area contributed by atoms with E-state index in [1.807, 2.05) is 13.8 Å². The van der Waals surface area contributed by atoms with Crippen LogP contribution in [0.3, 0.4) is 0 Å². The van der Waals surface area contributed by atoms with Crippen LogP contribution in [0, 0.1) is 0 Å². The fraction of sp³-hybridized carbons (Fsp3) is 1.00. The molecule has 0 saturated carbocycles.